The van der Waals surface area contributed by atoms with Crippen LogP contribution in [0.4, 0.5) is 0 Å². The Kier molecular flexibility index (Phi) is 4.27. The van der Waals surface area contributed by atoms with E-state index < -0.39 is 5.97 Å². The number of carboxylic acids is 1. The molecule has 0 fully saturated rings. The molecule has 1 aliphatic heterocycles. The van der Waals surface area contributed by atoms with Gasteiger partial charge in [0.15, 0.2) is 11.5 Å². The molecule has 0 bridgehead atoms. The van der Waals surface area contributed by atoms with E-state index in [0.29, 0.717) is 0 Å². The van der Waals surface area contributed by atoms with Crippen LogP contribution in [0.25, 0.3) is 0 Å². The number of rotatable bonds is 6. The lowest BCUT2D eigenvalue weighted by Gasteiger charge is -2.23. The van der Waals surface area contributed by atoms with Gasteiger partial charge in [-0.2, -0.15) is 0 Å². The van der Waals surface area contributed by atoms with Crippen molar-refractivity contribution in [1.29, 1.82) is 0 Å². The predicted molar refractivity (Wildman–Crippen MR) is 70.6 cm³/mol. The maximum absolute atomic E-state index is 10.7. The van der Waals surface area contributed by atoms with Gasteiger partial charge in [-0.3, -0.25) is 4.79 Å². The van der Waals surface area contributed by atoms with Crippen molar-refractivity contribution in [1.82, 2.24) is 4.90 Å². The molecule has 5 nitrogen and oxygen atoms in total. The van der Waals surface area contributed by atoms with E-state index in [4.69, 9.17) is 14.6 Å². The lowest BCUT2D eigenvalue weighted by Crippen LogP contribution is -2.32. The third-order valence-corrected chi connectivity index (χ3v) is 3.41. The van der Waals surface area contributed by atoms with Gasteiger partial charge in [-0.1, -0.05) is 6.07 Å². The summed E-state index contributed by atoms with van der Waals surface area (Å²) >= 11 is 0. The maximum Gasteiger partial charge on any atom is 0.304 e. The number of likely N-dealkylation sites (N-methyl/N-ethyl adjacent to an activating group) is 1. The first kappa shape index (κ1) is 13.7. The average molecular weight is 265 g/mol. The molecule has 1 unspecified atom stereocenters. The number of hydrogen-bond acceptors (Lipinski definition) is 4. The van der Waals surface area contributed by atoms with Gasteiger partial charge in [-0.05, 0) is 38.1 Å². The number of aliphatic carboxylic acids is 1. The third-order valence-electron chi connectivity index (χ3n) is 3.41. The van der Waals surface area contributed by atoms with Crippen LogP contribution in [0.5, 0.6) is 11.5 Å². The molecule has 0 spiro atoms. The zero-order chi connectivity index (χ0) is 13.8. The summed E-state index contributed by atoms with van der Waals surface area (Å²) in [7, 11) is 1.95. The van der Waals surface area contributed by atoms with Crippen LogP contribution in [0.15, 0.2) is 18.2 Å². The standard InChI is InChI=1S/C14H19NO4/c1-10(7-14(16)17)15(2)6-5-11-3-4-12-13(8-11)19-9-18-12/h3-4,8,10H,5-7,9H2,1-2H3,(H,16,17). The molecule has 104 valence electrons. The average Bonchev–Trinajstić information content (AvgIpc) is 2.82. The number of nitrogens with zero attached hydrogens (tertiary/aromatic N) is 1. The number of carbonyl (C=O) groups is 1. The Morgan fingerprint density at radius 3 is 2.89 bits per heavy atom. The maximum atomic E-state index is 10.7. The second-order valence-corrected chi connectivity index (χ2v) is 4.87. The number of hydrogen-bond donors (Lipinski definition) is 1. The van der Waals surface area contributed by atoms with Gasteiger partial charge >= 0.3 is 5.97 Å². The normalized spacial score (nSPS) is 14.7. The highest BCUT2D eigenvalue weighted by Crippen LogP contribution is 2.32. The van der Waals surface area contributed by atoms with Crippen molar-refractivity contribution in [2.75, 3.05) is 20.4 Å². The van der Waals surface area contributed by atoms with Gasteiger partial charge in [-0.15, -0.1) is 0 Å². The smallest absolute Gasteiger partial charge is 0.304 e. The van der Waals surface area contributed by atoms with Crippen molar-refractivity contribution in [3.63, 3.8) is 0 Å². The number of carboxylic acid groups (broad SMARTS) is 1. The summed E-state index contributed by atoms with van der Waals surface area (Å²) in [5.74, 6) is 0.817. The van der Waals surface area contributed by atoms with E-state index in [-0.39, 0.29) is 19.3 Å². The first-order valence-electron chi connectivity index (χ1n) is 6.37. The van der Waals surface area contributed by atoms with E-state index in [0.717, 1.165) is 24.5 Å². The Balaban J connectivity index is 1.86. The molecule has 0 aromatic heterocycles. The zero-order valence-electron chi connectivity index (χ0n) is 11.3. The van der Waals surface area contributed by atoms with Crippen LogP contribution in [-0.2, 0) is 11.2 Å². The SMILES string of the molecule is CC(CC(=O)O)N(C)CCc1ccc2c(c1)OCO2. The molecule has 0 saturated heterocycles. The Morgan fingerprint density at radius 1 is 1.42 bits per heavy atom. The minimum Gasteiger partial charge on any atom is -0.481 e. The predicted octanol–water partition coefficient (Wildman–Crippen LogP) is 1.75. The second-order valence-electron chi connectivity index (χ2n) is 4.87. The molecule has 0 radical (unpaired) electrons. The fourth-order valence-electron chi connectivity index (χ4n) is 2.03. The van der Waals surface area contributed by atoms with Crippen molar-refractivity contribution in [3.8, 4) is 11.5 Å². The molecule has 1 atom stereocenters. The Hall–Kier alpha value is -1.75. The largest absolute Gasteiger partial charge is 0.481 e. The van der Waals surface area contributed by atoms with Gasteiger partial charge in [0.1, 0.15) is 0 Å². The summed E-state index contributed by atoms with van der Waals surface area (Å²) in [6.07, 6.45) is 1.02. The number of fused-ring (bicyclic) bond motifs is 1. The third kappa shape index (κ3) is 3.61. The van der Waals surface area contributed by atoms with E-state index in [1.165, 1.54) is 5.56 Å². The molecule has 2 rings (SSSR count). The highest BCUT2D eigenvalue weighted by molar-refractivity contribution is 5.67. The summed E-state index contributed by atoms with van der Waals surface area (Å²) in [5, 5.41) is 8.77. The number of benzene rings is 1. The molecule has 0 saturated carbocycles. The topological polar surface area (TPSA) is 59.0 Å². The second kappa shape index (κ2) is 5.93. The molecule has 1 heterocycles. The summed E-state index contributed by atoms with van der Waals surface area (Å²) in [6.45, 7) is 3.02. The van der Waals surface area contributed by atoms with Crippen molar-refractivity contribution >= 4 is 5.97 Å². The number of ether oxygens (including phenoxy) is 2. The van der Waals surface area contributed by atoms with E-state index in [2.05, 4.69) is 4.90 Å². The monoisotopic (exact) mass is 265 g/mol. The lowest BCUT2D eigenvalue weighted by atomic mass is 10.1. The molecular formula is C14H19NO4. The summed E-state index contributed by atoms with van der Waals surface area (Å²) in [6, 6.07) is 5.95. The van der Waals surface area contributed by atoms with Crippen LogP contribution in [0.1, 0.15) is 18.9 Å². The molecule has 1 aromatic carbocycles. The molecule has 1 aromatic rings. The van der Waals surface area contributed by atoms with Crippen LogP contribution in [-0.4, -0.2) is 42.4 Å². The zero-order valence-corrected chi connectivity index (χ0v) is 11.3. The lowest BCUT2D eigenvalue weighted by molar-refractivity contribution is -0.138. The molecule has 1 aliphatic rings. The summed E-state index contributed by atoms with van der Waals surface area (Å²) in [5.41, 5.74) is 1.17. The van der Waals surface area contributed by atoms with Crippen LogP contribution >= 0.6 is 0 Å². The minimum atomic E-state index is -0.762. The first-order valence-corrected chi connectivity index (χ1v) is 6.37. The fourth-order valence-corrected chi connectivity index (χ4v) is 2.03. The van der Waals surface area contributed by atoms with E-state index in [9.17, 15) is 4.79 Å². The summed E-state index contributed by atoms with van der Waals surface area (Å²) < 4.78 is 10.6. The van der Waals surface area contributed by atoms with Gasteiger partial charge in [-0.25, -0.2) is 0 Å². The highest BCUT2D eigenvalue weighted by atomic mass is 16.7. The Labute approximate surface area is 112 Å². The van der Waals surface area contributed by atoms with Gasteiger partial charge in [0.25, 0.3) is 0 Å². The van der Waals surface area contributed by atoms with E-state index >= 15 is 0 Å². The fraction of sp³-hybridized carbons (Fsp3) is 0.500. The Bertz CT molecular complexity index is 461. The van der Waals surface area contributed by atoms with Crippen molar-refractivity contribution in [2.45, 2.75) is 25.8 Å². The van der Waals surface area contributed by atoms with Crippen LogP contribution in [0.2, 0.25) is 0 Å². The van der Waals surface area contributed by atoms with Crippen LogP contribution in [0, 0.1) is 0 Å². The van der Waals surface area contributed by atoms with E-state index in [1.807, 2.05) is 32.2 Å². The van der Waals surface area contributed by atoms with Crippen molar-refractivity contribution < 1.29 is 19.4 Å². The summed E-state index contributed by atoms with van der Waals surface area (Å²) in [4.78, 5) is 12.7. The van der Waals surface area contributed by atoms with E-state index in [1.54, 1.807) is 0 Å². The molecular weight excluding hydrogens is 246 g/mol. The van der Waals surface area contributed by atoms with Gasteiger partial charge in [0.2, 0.25) is 6.79 Å². The van der Waals surface area contributed by atoms with Gasteiger partial charge in [0, 0.05) is 12.6 Å². The molecule has 0 amide bonds. The van der Waals surface area contributed by atoms with Gasteiger partial charge < -0.3 is 19.5 Å². The quantitative estimate of drug-likeness (QED) is 0.849. The Morgan fingerprint density at radius 2 is 2.16 bits per heavy atom. The minimum absolute atomic E-state index is 0.0338. The van der Waals surface area contributed by atoms with Crippen LogP contribution in [0.3, 0.4) is 0 Å². The van der Waals surface area contributed by atoms with Crippen LogP contribution < -0.4 is 9.47 Å². The highest BCUT2D eigenvalue weighted by Gasteiger charge is 2.15. The molecule has 5 heteroatoms. The molecule has 1 N–H and O–H groups in total. The van der Waals surface area contributed by atoms with Crippen molar-refractivity contribution in [3.05, 3.63) is 23.8 Å². The first-order chi connectivity index (χ1) is 9.06. The van der Waals surface area contributed by atoms with Gasteiger partial charge in [0.05, 0.1) is 6.42 Å². The molecule has 0 aliphatic carbocycles. The van der Waals surface area contributed by atoms with Crippen molar-refractivity contribution in [2.24, 2.45) is 0 Å². The molecule has 19 heavy (non-hydrogen) atoms.